The van der Waals surface area contributed by atoms with Gasteiger partial charge in [-0.05, 0) is 65.1 Å². The lowest BCUT2D eigenvalue weighted by Gasteiger charge is -2.19. The van der Waals surface area contributed by atoms with Gasteiger partial charge in [0.25, 0.3) is 0 Å². The summed E-state index contributed by atoms with van der Waals surface area (Å²) in [5.74, 6) is 0. The summed E-state index contributed by atoms with van der Waals surface area (Å²) < 4.78 is 4.32. The van der Waals surface area contributed by atoms with Gasteiger partial charge in [-0.25, -0.2) is 0 Å². The van der Waals surface area contributed by atoms with Gasteiger partial charge in [-0.3, -0.25) is 0 Å². The largest absolute Gasteiger partial charge is 0.309 e. The SMILES string of the molecule is Cc1ccc(C)c(-n2nnn(C[NH+]3CCC[C@H]3c3cccs3)c2=S)c1. The summed E-state index contributed by atoms with van der Waals surface area (Å²) >= 11 is 7.52. The summed E-state index contributed by atoms with van der Waals surface area (Å²) in [7, 11) is 0. The fourth-order valence-electron chi connectivity index (χ4n) is 3.60. The molecule has 1 aliphatic rings. The van der Waals surface area contributed by atoms with Crippen molar-refractivity contribution >= 4 is 23.6 Å². The number of hydrogen-bond donors (Lipinski definition) is 1. The molecule has 1 N–H and O–H groups in total. The average Bonchev–Trinajstić information content (AvgIpc) is 3.32. The molecule has 1 fully saturated rings. The van der Waals surface area contributed by atoms with E-state index in [1.54, 1.807) is 4.68 Å². The van der Waals surface area contributed by atoms with Gasteiger partial charge in [0.1, 0.15) is 6.04 Å². The minimum atomic E-state index is 0.549. The van der Waals surface area contributed by atoms with Crippen molar-refractivity contribution in [1.82, 2.24) is 19.8 Å². The molecule has 1 aromatic carbocycles. The van der Waals surface area contributed by atoms with Crippen molar-refractivity contribution < 1.29 is 4.90 Å². The first kappa shape index (κ1) is 16.6. The van der Waals surface area contributed by atoms with Crippen LogP contribution in [0.4, 0.5) is 0 Å². The number of quaternary nitrogens is 1. The Morgan fingerprint density at radius 1 is 1.28 bits per heavy atom. The number of nitrogens with one attached hydrogen (secondary N) is 1. The van der Waals surface area contributed by atoms with Gasteiger partial charge in [-0.2, -0.15) is 9.36 Å². The number of nitrogens with zero attached hydrogens (tertiary/aromatic N) is 4. The van der Waals surface area contributed by atoms with Crippen LogP contribution < -0.4 is 4.90 Å². The maximum Gasteiger partial charge on any atom is 0.225 e. The fraction of sp³-hybridized carbons (Fsp3) is 0.389. The molecule has 1 unspecified atom stereocenters. The third-order valence-electron chi connectivity index (χ3n) is 4.96. The lowest BCUT2D eigenvalue weighted by molar-refractivity contribution is -0.941. The molecule has 7 heteroatoms. The first-order valence-corrected chi connectivity index (χ1v) is 9.90. The Labute approximate surface area is 156 Å². The molecule has 1 saturated heterocycles. The van der Waals surface area contributed by atoms with E-state index in [-0.39, 0.29) is 0 Å². The first-order chi connectivity index (χ1) is 12.1. The Bertz CT molecular complexity index is 925. The lowest BCUT2D eigenvalue weighted by Crippen LogP contribution is -3.09. The van der Waals surface area contributed by atoms with Gasteiger partial charge < -0.3 is 4.90 Å². The highest BCUT2D eigenvalue weighted by atomic mass is 32.1. The molecule has 1 aliphatic heterocycles. The van der Waals surface area contributed by atoms with Gasteiger partial charge in [-0.15, -0.1) is 11.3 Å². The van der Waals surface area contributed by atoms with Crippen LogP contribution in [-0.2, 0) is 6.67 Å². The molecular weight excluding hydrogens is 350 g/mol. The molecular formula is C18H22N5S2+. The molecule has 2 aromatic heterocycles. The van der Waals surface area contributed by atoms with E-state index in [1.165, 1.54) is 28.2 Å². The quantitative estimate of drug-likeness (QED) is 0.716. The third-order valence-corrected chi connectivity index (χ3v) is 6.32. The van der Waals surface area contributed by atoms with Gasteiger partial charge in [-0.1, -0.05) is 18.2 Å². The summed E-state index contributed by atoms with van der Waals surface area (Å²) in [5.41, 5.74) is 3.36. The molecule has 0 saturated carbocycles. The molecule has 5 nitrogen and oxygen atoms in total. The summed E-state index contributed by atoms with van der Waals surface area (Å²) in [6.07, 6.45) is 2.48. The Morgan fingerprint density at radius 2 is 2.16 bits per heavy atom. The van der Waals surface area contributed by atoms with E-state index in [1.807, 2.05) is 16.0 Å². The van der Waals surface area contributed by atoms with Crippen LogP contribution in [0.1, 0.15) is 34.9 Å². The van der Waals surface area contributed by atoms with Crippen LogP contribution in [0.15, 0.2) is 35.7 Å². The van der Waals surface area contributed by atoms with E-state index >= 15 is 0 Å². The highest BCUT2D eigenvalue weighted by Crippen LogP contribution is 2.23. The first-order valence-electron chi connectivity index (χ1n) is 8.62. The molecule has 0 spiro atoms. The molecule has 3 heterocycles. The Hall–Kier alpha value is -1.83. The Balaban J connectivity index is 1.61. The molecule has 0 aliphatic carbocycles. The summed E-state index contributed by atoms with van der Waals surface area (Å²) in [5, 5.41) is 10.8. The molecule has 130 valence electrons. The van der Waals surface area contributed by atoms with Crippen molar-refractivity contribution in [2.45, 2.75) is 39.4 Å². The third kappa shape index (κ3) is 3.19. The predicted octanol–water partition coefficient (Wildman–Crippen LogP) is 2.85. The molecule has 25 heavy (non-hydrogen) atoms. The molecule has 2 atom stereocenters. The number of thiophene rings is 1. The van der Waals surface area contributed by atoms with Gasteiger partial charge in [0.15, 0.2) is 6.67 Å². The summed E-state index contributed by atoms with van der Waals surface area (Å²) in [6.45, 7) is 6.08. The van der Waals surface area contributed by atoms with Crippen LogP contribution in [-0.4, -0.2) is 26.3 Å². The van der Waals surface area contributed by atoms with Gasteiger partial charge in [0.05, 0.1) is 17.1 Å². The van der Waals surface area contributed by atoms with Crippen molar-refractivity contribution in [3.05, 3.63) is 56.5 Å². The fourth-order valence-corrected chi connectivity index (χ4v) is 4.75. The van der Waals surface area contributed by atoms with Crippen molar-refractivity contribution in [2.75, 3.05) is 6.54 Å². The van der Waals surface area contributed by atoms with E-state index in [2.05, 4.69) is 60.0 Å². The maximum absolute atomic E-state index is 5.67. The summed E-state index contributed by atoms with van der Waals surface area (Å²) in [4.78, 5) is 2.98. The number of aryl methyl sites for hydroxylation is 2. The van der Waals surface area contributed by atoms with Gasteiger partial charge in [0.2, 0.25) is 4.77 Å². The number of benzene rings is 1. The number of aromatic nitrogens is 4. The predicted molar refractivity (Wildman–Crippen MR) is 102 cm³/mol. The second kappa shape index (κ2) is 6.82. The standard InChI is InChI=1S/C18H21N5S2/c1-13-7-8-14(2)16(11-13)23-18(24)22(19-20-23)12-21-9-3-5-15(21)17-6-4-10-25-17/h4,6-8,10-11,15H,3,5,9,12H2,1-2H3/p+1/t15-/m0/s1. The molecule has 3 aromatic rings. The normalized spacial score (nSPS) is 20.2. The molecule has 0 radical (unpaired) electrons. The molecule has 0 bridgehead atoms. The zero-order chi connectivity index (χ0) is 17.4. The van der Waals surface area contributed by atoms with Gasteiger partial charge >= 0.3 is 0 Å². The monoisotopic (exact) mass is 372 g/mol. The van der Waals surface area contributed by atoms with Crippen molar-refractivity contribution in [1.29, 1.82) is 0 Å². The summed E-state index contributed by atoms with van der Waals surface area (Å²) in [6, 6.07) is 11.2. The van der Waals surface area contributed by atoms with Crippen LogP contribution in [0.5, 0.6) is 0 Å². The van der Waals surface area contributed by atoms with E-state index in [9.17, 15) is 0 Å². The van der Waals surface area contributed by atoms with Crippen molar-refractivity contribution in [3.8, 4) is 5.69 Å². The lowest BCUT2D eigenvalue weighted by atomic mass is 10.1. The Morgan fingerprint density at radius 3 is 2.96 bits per heavy atom. The number of likely N-dealkylation sites (tertiary alicyclic amines) is 1. The van der Waals surface area contributed by atoms with Crippen LogP contribution >= 0.6 is 23.6 Å². The number of tetrazole rings is 1. The topological polar surface area (TPSA) is 40.1 Å². The zero-order valence-corrected chi connectivity index (χ0v) is 16.1. The smallest absolute Gasteiger partial charge is 0.225 e. The minimum Gasteiger partial charge on any atom is -0.309 e. The van der Waals surface area contributed by atoms with E-state index in [0.717, 1.165) is 24.5 Å². The van der Waals surface area contributed by atoms with Gasteiger partial charge in [0, 0.05) is 12.8 Å². The second-order valence-electron chi connectivity index (χ2n) is 6.74. The van der Waals surface area contributed by atoms with E-state index in [4.69, 9.17) is 12.2 Å². The molecule has 0 amide bonds. The number of hydrogen-bond acceptors (Lipinski definition) is 4. The maximum atomic E-state index is 5.67. The van der Waals surface area contributed by atoms with Crippen LogP contribution in [0.25, 0.3) is 5.69 Å². The van der Waals surface area contributed by atoms with Crippen molar-refractivity contribution in [2.24, 2.45) is 0 Å². The van der Waals surface area contributed by atoms with E-state index < -0.39 is 0 Å². The van der Waals surface area contributed by atoms with E-state index in [0.29, 0.717) is 10.8 Å². The molecule has 4 rings (SSSR count). The number of rotatable bonds is 4. The Kier molecular flexibility index (Phi) is 4.54. The highest BCUT2D eigenvalue weighted by Gasteiger charge is 2.31. The highest BCUT2D eigenvalue weighted by molar-refractivity contribution is 7.71. The van der Waals surface area contributed by atoms with Crippen LogP contribution in [0, 0.1) is 18.6 Å². The van der Waals surface area contributed by atoms with Crippen LogP contribution in [0.3, 0.4) is 0 Å². The second-order valence-corrected chi connectivity index (χ2v) is 8.08. The minimum absolute atomic E-state index is 0.549. The zero-order valence-electron chi connectivity index (χ0n) is 14.5. The van der Waals surface area contributed by atoms with Crippen LogP contribution in [0.2, 0.25) is 0 Å². The van der Waals surface area contributed by atoms with Crippen molar-refractivity contribution in [3.63, 3.8) is 0 Å². The average molecular weight is 373 g/mol.